The minimum Gasteiger partial charge on any atom is -0.324 e. The molecule has 0 aromatic heterocycles. The summed E-state index contributed by atoms with van der Waals surface area (Å²) in [6, 6.07) is 11.8. The molecule has 2 aromatic rings. The van der Waals surface area contributed by atoms with E-state index in [1.807, 2.05) is 50.2 Å². The Balaban J connectivity index is 1.73. The van der Waals surface area contributed by atoms with Gasteiger partial charge < -0.3 is 10.2 Å². The van der Waals surface area contributed by atoms with E-state index in [4.69, 9.17) is 11.6 Å². The highest BCUT2D eigenvalue weighted by Crippen LogP contribution is 2.31. The Morgan fingerprint density at radius 2 is 1.79 bits per heavy atom. The Bertz CT molecular complexity index is 890. The van der Waals surface area contributed by atoms with Gasteiger partial charge in [-0.05, 0) is 54.2 Å². The first-order valence-electron chi connectivity index (χ1n) is 9.55. The number of amides is 2. The first kappa shape index (κ1) is 20.4. The summed E-state index contributed by atoms with van der Waals surface area (Å²) in [6.07, 6.45) is 0.204. The second-order valence-corrected chi connectivity index (χ2v) is 9.04. The van der Waals surface area contributed by atoms with Crippen LogP contribution in [0.15, 0.2) is 36.4 Å². The maximum absolute atomic E-state index is 12.8. The Labute approximate surface area is 171 Å². The van der Waals surface area contributed by atoms with Crippen molar-refractivity contribution in [3.05, 3.63) is 58.1 Å². The molecule has 0 spiro atoms. The van der Waals surface area contributed by atoms with E-state index >= 15 is 0 Å². The van der Waals surface area contributed by atoms with E-state index in [-0.39, 0.29) is 23.7 Å². The standard InChI is InChI=1S/C23H27ClN2O2/c1-14-10-15(2)21(19(24)11-14)25-22(28)16-12-20(27)26(13-16)18-8-6-17(7-9-18)23(3,4)5/h6-11,16H,12-13H2,1-5H3,(H,25,28). The van der Waals surface area contributed by atoms with Crippen LogP contribution in [0.5, 0.6) is 0 Å². The molecule has 1 unspecified atom stereocenters. The van der Waals surface area contributed by atoms with Crippen LogP contribution in [-0.4, -0.2) is 18.4 Å². The fraction of sp³-hybridized carbons (Fsp3) is 0.391. The van der Waals surface area contributed by atoms with Crippen molar-refractivity contribution in [3.8, 4) is 0 Å². The molecule has 1 fully saturated rings. The zero-order valence-electron chi connectivity index (χ0n) is 17.1. The van der Waals surface area contributed by atoms with Crippen LogP contribution >= 0.6 is 11.6 Å². The first-order valence-corrected chi connectivity index (χ1v) is 9.92. The number of halogens is 1. The van der Waals surface area contributed by atoms with Crippen LogP contribution in [0.4, 0.5) is 11.4 Å². The van der Waals surface area contributed by atoms with Crippen LogP contribution in [0.25, 0.3) is 0 Å². The molecule has 3 rings (SSSR count). The zero-order valence-corrected chi connectivity index (χ0v) is 17.9. The summed E-state index contributed by atoms with van der Waals surface area (Å²) in [6.45, 7) is 10.7. The third-order valence-corrected chi connectivity index (χ3v) is 5.52. The van der Waals surface area contributed by atoms with Crippen molar-refractivity contribution in [1.29, 1.82) is 0 Å². The molecule has 5 heteroatoms. The van der Waals surface area contributed by atoms with Crippen molar-refractivity contribution in [2.75, 3.05) is 16.8 Å². The minimum atomic E-state index is -0.397. The van der Waals surface area contributed by atoms with Gasteiger partial charge in [0.2, 0.25) is 11.8 Å². The number of nitrogens with one attached hydrogen (secondary N) is 1. The average Bonchev–Trinajstić information content (AvgIpc) is 2.99. The Hall–Kier alpha value is -2.33. The molecule has 28 heavy (non-hydrogen) atoms. The SMILES string of the molecule is Cc1cc(C)c(NC(=O)C2CC(=O)N(c3ccc(C(C)(C)C)cc3)C2)c(Cl)c1. The third-order valence-electron chi connectivity index (χ3n) is 5.22. The average molecular weight is 399 g/mol. The molecule has 148 valence electrons. The van der Waals surface area contributed by atoms with Gasteiger partial charge in [-0.1, -0.05) is 50.6 Å². The molecule has 2 aromatic carbocycles. The molecular formula is C23H27ClN2O2. The van der Waals surface area contributed by atoms with Gasteiger partial charge in [-0.2, -0.15) is 0 Å². The van der Waals surface area contributed by atoms with E-state index in [1.54, 1.807) is 4.90 Å². The van der Waals surface area contributed by atoms with Crippen molar-refractivity contribution >= 4 is 34.8 Å². The molecule has 1 heterocycles. The van der Waals surface area contributed by atoms with Crippen LogP contribution in [0, 0.1) is 19.8 Å². The minimum absolute atomic E-state index is 0.0321. The van der Waals surface area contributed by atoms with Gasteiger partial charge in [-0.25, -0.2) is 0 Å². The molecule has 1 N–H and O–H groups in total. The molecule has 4 nitrogen and oxygen atoms in total. The van der Waals surface area contributed by atoms with Gasteiger partial charge in [0.05, 0.1) is 16.6 Å². The maximum atomic E-state index is 12.8. The Kier molecular flexibility index (Phi) is 5.53. The summed E-state index contributed by atoms with van der Waals surface area (Å²) in [7, 11) is 0. The van der Waals surface area contributed by atoms with Gasteiger partial charge in [0, 0.05) is 18.7 Å². The van der Waals surface area contributed by atoms with Crippen molar-refractivity contribution in [1.82, 2.24) is 0 Å². The maximum Gasteiger partial charge on any atom is 0.229 e. The van der Waals surface area contributed by atoms with Crippen LogP contribution in [-0.2, 0) is 15.0 Å². The second-order valence-electron chi connectivity index (χ2n) is 8.63. The number of benzene rings is 2. The van der Waals surface area contributed by atoms with E-state index in [0.717, 1.165) is 16.8 Å². The number of hydrogen-bond donors (Lipinski definition) is 1. The summed E-state index contributed by atoms with van der Waals surface area (Å²) in [5.74, 6) is -0.599. The summed E-state index contributed by atoms with van der Waals surface area (Å²) in [5.41, 5.74) is 4.68. The highest BCUT2D eigenvalue weighted by Gasteiger charge is 2.35. The van der Waals surface area contributed by atoms with Crippen LogP contribution in [0.2, 0.25) is 5.02 Å². The quantitative estimate of drug-likeness (QED) is 0.767. The van der Waals surface area contributed by atoms with Crippen LogP contribution in [0.3, 0.4) is 0 Å². The molecule has 0 saturated carbocycles. The topological polar surface area (TPSA) is 49.4 Å². The smallest absolute Gasteiger partial charge is 0.229 e. The lowest BCUT2D eigenvalue weighted by atomic mass is 9.87. The van der Waals surface area contributed by atoms with Crippen LogP contribution < -0.4 is 10.2 Å². The Morgan fingerprint density at radius 1 is 1.14 bits per heavy atom. The monoisotopic (exact) mass is 398 g/mol. The molecule has 2 amide bonds. The van der Waals surface area contributed by atoms with Gasteiger partial charge in [-0.15, -0.1) is 0 Å². The zero-order chi connectivity index (χ0) is 20.6. The number of carbonyl (C=O) groups excluding carboxylic acids is 2. The van der Waals surface area contributed by atoms with Gasteiger partial charge in [0.25, 0.3) is 0 Å². The number of anilines is 2. The molecule has 1 saturated heterocycles. The number of aryl methyl sites for hydroxylation is 2. The molecular weight excluding hydrogens is 372 g/mol. The van der Waals surface area contributed by atoms with Gasteiger partial charge in [0.15, 0.2) is 0 Å². The first-order chi connectivity index (χ1) is 13.1. The summed E-state index contributed by atoms with van der Waals surface area (Å²) >= 11 is 6.30. The van der Waals surface area contributed by atoms with E-state index < -0.39 is 5.92 Å². The van der Waals surface area contributed by atoms with Gasteiger partial charge in [-0.3, -0.25) is 9.59 Å². The van der Waals surface area contributed by atoms with E-state index in [2.05, 4.69) is 26.1 Å². The second kappa shape index (κ2) is 7.59. The van der Waals surface area contributed by atoms with Crippen molar-refractivity contribution in [2.24, 2.45) is 5.92 Å². The molecule has 1 aliphatic heterocycles. The van der Waals surface area contributed by atoms with Gasteiger partial charge >= 0.3 is 0 Å². The lowest BCUT2D eigenvalue weighted by Crippen LogP contribution is -2.28. The molecule has 0 aliphatic carbocycles. The van der Waals surface area contributed by atoms with Gasteiger partial charge in [0.1, 0.15) is 0 Å². The predicted octanol–water partition coefficient (Wildman–Crippen LogP) is 5.25. The molecule has 0 radical (unpaired) electrons. The highest BCUT2D eigenvalue weighted by molar-refractivity contribution is 6.34. The fourth-order valence-corrected chi connectivity index (χ4v) is 3.94. The predicted molar refractivity (Wildman–Crippen MR) is 115 cm³/mol. The van der Waals surface area contributed by atoms with E-state index in [9.17, 15) is 9.59 Å². The summed E-state index contributed by atoms with van der Waals surface area (Å²) in [5, 5.41) is 3.44. The highest BCUT2D eigenvalue weighted by atomic mass is 35.5. The lowest BCUT2D eigenvalue weighted by molar-refractivity contribution is -0.122. The van der Waals surface area contributed by atoms with Crippen molar-refractivity contribution < 1.29 is 9.59 Å². The number of hydrogen-bond acceptors (Lipinski definition) is 2. The Morgan fingerprint density at radius 3 is 2.36 bits per heavy atom. The third kappa shape index (κ3) is 4.22. The van der Waals surface area contributed by atoms with Crippen LogP contribution in [0.1, 0.15) is 43.9 Å². The fourth-order valence-electron chi connectivity index (χ4n) is 3.57. The number of nitrogens with zero attached hydrogens (tertiary/aromatic N) is 1. The molecule has 1 atom stereocenters. The summed E-state index contributed by atoms with van der Waals surface area (Å²) in [4.78, 5) is 27.0. The lowest BCUT2D eigenvalue weighted by Gasteiger charge is -2.21. The van der Waals surface area contributed by atoms with E-state index in [1.165, 1.54) is 5.56 Å². The van der Waals surface area contributed by atoms with Crippen molar-refractivity contribution in [3.63, 3.8) is 0 Å². The largest absolute Gasteiger partial charge is 0.324 e. The molecule has 0 bridgehead atoms. The normalized spacial score (nSPS) is 17.1. The number of rotatable bonds is 3. The molecule has 1 aliphatic rings. The van der Waals surface area contributed by atoms with E-state index in [0.29, 0.717) is 17.3 Å². The summed E-state index contributed by atoms with van der Waals surface area (Å²) < 4.78 is 0. The number of carbonyl (C=O) groups is 2. The van der Waals surface area contributed by atoms with Crippen molar-refractivity contribution in [2.45, 2.75) is 46.5 Å².